The highest BCUT2D eigenvalue weighted by Crippen LogP contribution is 2.20. The van der Waals surface area contributed by atoms with E-state index >= 15 is 0 Å². The molecule has 2 unspecified atom stereocenters. The molecule has 0 heterocycles. The van der Waals surface area contributed by atoms with Crippen molar-refractivity contribution in [2.45, 2.75) is 456 Å². The minimum atomic E-state index is -0.663. The summed E-state index contributed by atoms with van der Waals surface area (Å²) in [6, 6.07) is -0.540. The number of carbonyl (C=O) groups is 2. The van der Waals surface area contributed by atoms with Gasteiger partial charge in [-0.15, -0.1) is 0 Å². The van der Waals surface area contributed by atoms with Crippen LogP contribution in [-0.2, 0) is 14.3 Å². The van der Waals surface area contributed by atoms with Crippen LogP contribution in [0.4, 0.5) is 0 Å². The monoisotopic (exact) mass is 1170 g/mol. The van der Waals surface area contributed by atoms with Gasteiger partial charge < -0.3 is 20.3 Å². The summed E-state index contributed by atoms with van der Waals surface area (Å²) in [6.07, 6.45) is 91.4. The highest BCUT2D eigenvalue weighted by atomic mass is 16.5. The Hall–Kier alpha value is -1.40. The normalized spacial score (nSPS) is 12.5. The lowest BCUT2D eigenvalue weighted by Crippen LogP contribution is -2.45. The fourth-order valence-corrected chi connectivity index (χ4v) is 12.5. The first kappa shape index (κ1) is 81.6. The van der Waals surface area contributed by atoms with Crippen LogP contribution in [0.15, 0.2) is 12.2 Å². The third kappa shape index (κ3) is 69.6. The zero-order chi connectivity index (χ0) is 59.9. The number of aliphatic hydroxyl groups is 2. The molecule has 0 spiro atoms. The van der Waals surface area contributed by atoms with E-state index in [2.05, 4.69) is 31.3 Å². The smallest absolute Gasteiger partial charge is 0.305 e. The highest BCUT2D eigenvalue weighted by molar-refractivity contribution is 5.76. The lowest BCUT2D eigenvalue weighted by atomic mass is 10.0. The quantitative estimate of drug-likeness (QED) is 0.0320. The van der Waals surface area contributed by atoms with Crippen molar-refractivity contribution < 1.29 is 24.5 Å². The molecular weight excluding hydrogens is 1020 g/mol. The van der Waals surface area contributed by atoms with Crippen LogP contribution in [0.2, 0.25) is 0 Å². The minimum absolute atomic E-state index is 0.0191. The molecule has 0 aliphatic heterocycles. The number of esters is 1. The number of hydrogen-bond acceptors (Lipinski definition) is 5. The molecule has 0 aromatic carbocycles. The summed E-state index contributed by atoms with van der Waals surface area (Å²) in [6.45, 7) is 5.00. The summed E-state index contributed by atoms with van der Waals surface area (Å²) < 4.78 is 5.52. The molecular formula is C77H151NO5. The molecule has 3 N–H and O–H groups in total. The molecule has 494 valence electrons. The van der Waals surface area contributed by atoms with Crippen molar-refractivity contribution in [3.05, 3.63) is 12.2 Å². The van der Waals surface area contributed by atoms with Gasteiger partial charge in [-0.3, -0.25) is 9.59 Å². The van der Waals surface area contributed by atoms with Gasteiger partial charge in [0, 0.05) is 12.8 Å². The molecule has 0 radical (unpaired) electrons. The molecule has 0 saturated heterocycles. The van der Waals surface area contributed by atoms with Gasteiger partial charge in [0.05, 0.1) is 25.4 Å². The summed E-state index contributed by atoms with van der Waals surface area (Å²) >= 11 is 0. The number of carbonyl (C=O) groups excluding carboxylic acids is 2. The zero-order valence-electron chi connectivity index (χ0n) is 56.7. The van der Waals surface area contributed by atoms with Crippen LogP contribution >= 0.6 is 0 Å². The molecule has 0 aliphatic carbocycles. The average Bonchev–Trinajstić information content (AvgIpc) is 3.49. The number of allylic oxidation sites excluding steroid dienone is 2. The van der Waals surface area contributed by atoms with Crippen molar-refractivity contribution in [2.75, 3.05) is 13.2 Å². The van der Waals surface area contributed by atoms with Crippen LogP contribution in [0.25, 0.3) is 0 Å². The molecule has 1 amide bonds. The Balaban J connectivity index is 3.33. The van der Waals surface area contributed by atoms with Crippen molar-refractivity contribution in [3.8, 4) is 0 Å². The summed E-state index contributed by atoms with van der Waals surface area (Å²) in [4.78, 5) is 24.7. The van der Waals surface area contributed by atoms with Gasteiger partial charge in [0.2, 0.25) is 5.91 Å². The van der Waals surface area contributed by atoms with Crippen molar-refractivity contribution in [3.63, 3.8) is 0 Å². The fraction of sp³-hybridized carbons (Fsp3) is 0.948. The molecule has 6 nitrogen and oxygen atoms in total. The van der Waals surface area contributed by atoms with E-state index in [0.29, 0.717) is 25.9 Å². The van der Waals surface area contributed by atoms with Crippen molar-refractivity contribution in [2.24, 2.45) is 0 Å². The third-order valence-corrected chi connectivity index (χ3v) is 18.3. The Bertz CT molecular complexity index is 1260. The van der Waals surface area contributed by atoms with Crippen LogP contribution < -0.4 is 5.32 Å². The second-order valence-corrected chi connectivity index (χ2v) is 26.7. The first-order valence-electron chi connectivity index (χ1n) is 38.4. The molecule has 0 bridgehead atoms. The van der Waals surface area contributed by atoms with Crippen LogP contribution in [0.3, 0.4) is 0 Å². The van der Waals surface area contributed by atoms with Gasteiger partial charge in [-0.1, -0.05) is 392 Å². The Morgan fingerprint density at radius 3 is 0.855 bits per heavy atom. The number of ether oxygens (including phenoxy) is 1. The molecule has 0 aromatic rings. The summed E-state index contributed by atoms with van der Waals surface area (Å²) in [5.74, 6) is -0.00791. The number of aliphatic hydroxyl groups excluding tert-OH is 2. The lowest BCUT2D eigenvalue weighted by molar-refractivity contribution is -0.143. The van der Waals surface area contributed by atoms with Gasteiger partial charge in [0.15, 0.2) is 0 Å². The lowest BCUT2D eigenvalue weighted by Gasteiger charge is -2.22. The number of nitrogens with one attached hydrogen (secondary N) is 1. The van der Waals surface area contributed by atoms with Crippen LogP contribution in [0, 0.1) is 0 Å². The molecule has 2 atom stereocenters. The van der Waals surface area contributed by atoms with Gasteiger partial charge >= 0.3 is 5.97 Å². The van der Waals surface area contributed by atoms with Crippen LogP contribution in [-0.4, -0.2) is 47.4 Å². The van der Waals surface area contributed by atoms with E-state index in [1.165, 1.54) is 372 Å². The topological polar surface area (TPSA) is 95.9 Å². The predicted molar refractivity (Wildman–Crippen MR) is 366 cm³/mol. The maximum atomic E-state index is 12.6. The second-order valence-electron chi connectivity index (χ2n) is 26.7. The van der Waals surface area contributed by atoms with Crippen LogP contribution in [0.1, 0.15) is 444 Å². The van der Waals surface area contributed by atoms with E-state index < -0.39 is 12.1 Å². The van der Waals surface area contributed by atoms with Crippen molar-refractivity contribution >= 4 is 11.9 Å². The van der Waals surface area contributed by atoms with Crippen molar-refractivity contribution in [1.82, 2.24) is 5.32 Å². The number of amides is 1. The van der Waals surface area contributed by atoms with Gasteiger partial charge in [-0.2, -0.15) is 0 Å². The molecule has 83 heavy (non-hydrogen) atoms. The summed E-state index contributed by atoms with van der Waals surface area (Å²) in [7, 11) is 0. The summed E-state index contributed by atoms with van der Waals surface area (Å²) in [5, 5.41) is 23.4. The first-order valence-corrected chi connectivity index (χ1v) is 38.4. The standard InChI is InChI=1S/C77H151NO5/c1-3-5-7-9-11-13-15-17-19-21-23-34-37-41-45-49-53-57-61-65-69-75(80)74(73-79)78-76(81)70-66-62-58-54-50-46-42-38-35-31-29-27-25-24-26-28-30-32-36-40-44-48-52-56-60-64-68-72-83-77(82)71-67-63-59-55-51-47-43-39-33-22-20-18-16-14-12-10-8-6-4-2/h18,20,74-75,79-80H,3-17,19,21-73H2,1-2H3,(H,78,81)/b20-18-. The Labute approximate surface area is 520 Å². The Morgan fingerprint density at radius 2 is 0.566 bits per heavy atom. The maximum Gasteiger partial charge on any atom is 0.305 e. The fourth-order valence-electron chi connectivity index (χ4n) is 12.5. The SMILES string of the molecule is CCCCCCCC/C=C\CCCCCCCCCCCC(=O)OCCCCCCCCCCCCCCCCCCCCCCCCCCCCCC(=O)NC(CO)C(O)CCCCCCCCCCCCCCCCCCCCCC. The van der Waals surface area contributed by atoms with Crippen molar-refractivity contribution in [1.29, 1.82) is 0 Å². The first-order chi connectivity index (χ1) is 41.0. The molecule has 6 heteroatoms. The molecule has 0 aliphatic rings. The minimum Gasteiger partial charge on any atom is -0.466 e. The van der Waals surface area contributed by atoms with Crippen LogP contribution in [0.5, 0.6) is 0 Å². The Kier molecular flexibility index (Phi) is 71.8. The third-order valence-electron chi connectivity index (χ3n) is 18.3. The van der Waals surface area contributed by atoms with E-state index in [1.807, 2.05) is 0 Å². The maximum absolute atomic E-state index is 12.6. The summed E-state index contributed by atoms with van der Waals surface area (Å²) in [5.41, 5.74) is 0. The number of unbranched alkanes of at least 4 members (excludes halogenated alkanes) is 60. The average molecular weight is 1170 g/mol. The van der Waals surface area contributed by atoms with Gasteiger partial charge in [-0.25, -0.2) is 0 Å². The van der Waals surface area contributed by atoms with E-state index in [1.54, 1.807) is 0 Å². The molecule has 0 saturated carbocycles. The van der Waals surface area contributed by atoms with E-state index in [9.17, 15) is 19.8 Å². The second kappa shape index (κ2) is 73.1. The molecule has 0 rings (SSSR count). The van der Waals surface area contributed by atoms with Gasteiger partial charge in [0.25, 0.3) is 0 Å². The Morgan fingerprint density at radius 1 is 0.325 bits per heavy atom. The van der Waals surface area contributed by atoms with E-state index in [0.717, 1.165) is 38.5 Å². The molecule has 0 aromatic heterocycles. The number of rotatable bonds is 73. The van der Waals surface area contributed by atoms with E-state index in [-0.39, 0.29) is 18.5 Å². The van der Waals surface area contributed by atoms with E-state index in [4.69, 9.17) is 4.74 Å². The largest absolute Gasteiger partial charge is 0.466 e. The molecule has 0 fully saturated rings. The van der Waals surface area contributed by atoms with Gasteiger partial charge in [0.1, 0.15) is 0 Å². The predicted octanol–water partition coefficient (Wildman–Crippen LogP) is 25.1. The zero-order valence-corrected chi connectivity index (χ0v) is 56.7. The number of hydrogen-bond donors (Lipinski definition) is 3. The van der Waals surface area contributed by atoms with Gasteiger partial charge in [-0.05, 0) is 51.4 Å². The highest BCUT2D eigenvalue weighted by Gasteiger charge is 2.20.